The number of amides is 1. The van der Waals surface area contributed by atoms with Gasteiger partial charge in [0, 0.05) is 25.5 Å². The first-order valence-electron chi connectivity index (χ1n) is 7.60. The summed E-state index contributed by atoms with van der Waals surface area (Å²) in [5.74, 6) is -0.314. The molecule has 0 saturated carbocycles. The van der Waals surface area contributed by atoms with E-state index in [0.717, 1.165) is 21.7 Å². The lowest BCUT2D eigenvalue weighted by atomic mass is 10.1. The highest BCUT2D eigenvalue weighted by Gasteiger charge is 2.20. The summed E-state index contributed by atoms with van der Waals surface area (Å²) in [6.45, 7) is 0.416. The fraction of sp³-hybridized carbons (Fsp3) is 0.294. The molecule has 0 spiro atoms. The van der Waals surface area contributed by atoms with Crippen LogP contribution in [0.3, 0.4) is 0 Å². The Kier molecular flexibility index (Phi) is 6.45. The molecule has 0 saturated heterocycles. The van der Waals surface area contributed by atoms with Crippen LogP contribution in [-0.2, 0) is 27.8 Å². The smallest absolute Gasteiger partial charge is 0.235 e. The molecule has 1 aromatic heterocycles. The Labute approximate surface area is 142 Å². The fourth-order valence-electron chi connectivity index (χ4n) is 2.19. The molecule has 1 aromatic carbocycles. The Morgan fingerprint density at radius 1 is 1.08 bits per heavy atom. The summed E-state index contributed by atoms with van der Waals surface area (Å²) in [6.07, 6.45) is 4.99. The van der Waals surface area contributed by atoms with Crippen molar-refractivity contribution in [3.05, 3.63) is 66.0 Å². The molecule has 0 aliphatic rings. The fourth-order valence-corrected chi connectivity index (χ4v) is 2.92. The molecule has 1 heterocycles. The number of rotatable bonds is 8. The van der Waals surface area contributed by atoms with E-state index in [0.29, 0.717) is 13.0 Å². The molecule has 2 aromatic rings. The lowest BCUT2D eigenvalue weighted by molar-refractivity contribution is -0.121. The van der Waals surface area contributed by atoms with Crippen LogP contribution in [0.25, 0.3) is 0 Å². The van der Waals surface area contributed by atoms with Gasteiger partial charge in [-0.25, -0.2) is 8.42 Å². The summed E-state index contributed by atoms with van der Waals surface area (Å²) in [5, 5.41) is 2.76. The molecule has 0 fully saturated rings. The van der Waals surface area contributed by atoms with Gasteiger partial charge in [-0.05, 0) is 29.7 Å². The van der Waals surface area contributed by atoms with Crippen LogP contribution in [0.1, 0.15) is 11.1 Å². The van der Waals surface area contributed by atoms with E-state index in [2.05, 4.69) is 10.3 Å². The molecule has 6 nitrogen and oxygen atoms in total. The molecule has 1 amide bonds. The predicted molar refractivity (Wildman–Crippen MR) is 92.6 cm³/mol. The van der Waals surface area contributed by atoms with Gasteiger partial charge < -0.3 is 5.32 Å². The van der Waals surface area contributed by atoms with Crippen LogP contribution in [0.4, 0.5) is 0 Å². The minimum atomic E-state index is -3.48. The number of carbonyl (C=O) groups is 1. The van der Waals surface area contributed by atoms with E-state index < -0.39 is 10.0 Å². The van der Waals surface area contributed by atoms with Gasteiger partial charge in [0.15, 0.2) is 0 Å². The molecule has 0 bridgehead atoms. The van der Waals surface area contributed by atoms with Gasteiger partial charge in [-0.15, -0.1) is 0 Å². The third kappa shape index (κ3) is 6.10. The third-order valence-corrected chi connectivity index (χ3v) is 4.67. The zero-order valence-corrected chi connectivity index (χ0v) is 14.4. The summed E-state index contributed by atoms with van der Waals surface area (Å²) in [4.78, 5) is 15.9. The van der Waals surface area contributed by atoms with E-state index in [-0.39, 0.29) is 19.0 Å². The number of hydrogen-bond acceptors (Lipinski definition) is 4. The number of pyridine rings is 1. The van der Waals surface area contributed by atoms with Crippen molar-refractivity contribution in [2.24, 2.45) is 0 Å². The van der Waals surface area contributed by atoms with Gasteiger partial charge in [0.2, 0.25) is 15.9 Å². The lowest BCUT2D eigenvalue weighted by Gasteiger charge is -2.19. The number of sulfonamides is 1. The van der Waals surface area contributed by atoms with E-state index >= 15 is 0 Å². The Bertz CT molecular complexity index is 749. The topological polar surface area (TPSA) is 79.4 Å². The van der Waals surface area contributed by atoms with Crippen LogP contribution >= 0.6 is 0 Å². The van der Waals surface area contributed by atoms with E-state index in [1.807, 2.05) is 30.3 Å². The Morgan fingerprint density at radius 2 is 1.75 bits per heavy atom. The van der Waals surface area contributed by atoms with E-state index in [9.17, 15) is 13.2 Å². The van der Waals surface area contributed by atoms with Gasteiger partial charge in [0.05, 0.1) is 12.8 Å². The van der Waals surface area contributed by atoms with Gasteiger partial charge in [-0.3, -0.25) is 9.78 Å². The van der Waals surface area contributed by atoms with Crippen molar-refractivity contribution in [3.63, 3.8) is 0 Å². The normalized spacial score (nSPS) is 11.4. The molecule has 7 heteroatoms. The van der Waals surface area contributed by atoms with Crippen molar-refractivity contribution in [2.75, 3.05) is 19.3 Å². The van der Waals surface area contributed by atoms with Crippen LogP contribution in [0.2, 0.25) is 0 Å². The Hall–Kier alpha value is -2.25. The van der Waals surface area contributed by atoms with Crippen molar-refractivity contribution in [3.8, 4) is 0 Å². The highest BCUT2D eigenvalue weighted by Crippen LogP contribution is 2.07. The second-order valence-electron chi connectivity index (χ2n) is 5.47. The van der Waals surface area contributed by atoms with Crippen LogP contribution < -0.4 is 5.32 Å². The van der Waals surface area contributed by atoms with Crippen LogP contribution in [0.5, 0.6) is 0 Å². The number of nitrogens with one attached hydrogen (secondary N) is 1. The first-order chi connectivity index (χ1) is 11.4. The van der Waals surface area contributed by atoms with Gasteiger partial charge in [0.1, 0.15) is 0 Å². The van der Waals surface area contributed by atoms with E-state index in [4.69, 9.17) is 0 Å². The largest absolute Gasteiger partial charge is 0.355 e. The monoisotopic (exact) mass is 347 g/mol. The molecular weight excluding hydrogens is 326 g/mol. The first-order valence-corrected chi connectivity index (χ1v) is 9.44. The summed E-state index contributed by atoms with van der Waals surface area (Å²) in [5.41, 5.74) is 1.90. The van der Waals surface area contributed by atoms with Crippen molar-refractivity contribution >= 4 is 15.9 Å². The highest BCUT2D eigenvalue weighted by atomic mass is 32.2. The SMILES string of the molecule is CS(=O)(=O)N(CC(=O)NCCc1ccccc1)Cc1ccncc1. The molecule has 24 heavy (non-hydrogen) atoms. The molecule has 128 valence electrons. The van der Waals surface area contributed by atoms with Crippen LogP contribution in [-0.4, -0.2) is 43.0 Å². The Balaban J connectivity index is 1.88. The maximum atomic E-state index is 12.1. The van der Waals surface area contributed by atoms with E-state index in [1.54, 1.807) is 24.5 Å². The summed E-state index contributed by atoms with van der Waals surface area (Å²) in [7, 11) is -3.48. The maximum absolute atomic E-state index is 12.1. The van der Waals surface area contributed by atoms with Gasteiger partial charge in [-0.2, -0.15) is 4.31 Å². The van der Waals surface area contributed by atoms with Gasteiger partial charge in [-0.1, -0.05) is 30.3 Å². The predicted octanol–water partition coefficient (Wildman–Crippen LogP) is 1.20. The molecule has 0 atom stereocenters. The maximum Gasteiger partial charge on any atom is 0.235 e. The minimum Gasteiger partial charge on any atom is -0.355 e. The van der Waals surface area contributed by atoms with Crippen molar-refractivity contribution < 1.29 is 13.2 Å². The first kappa shape index (κ1) is 18.1. The molecule has 0 radical (unpaired) electrons. The minimum absolute atomic E-state index is 0.146. The molecule has 0 aliphatic carbocycles. The molecule has 2 rings (SSSR count). The standard InChI is InChI=1S/C17H21N3O3S/c1-24(22,23)20(13-16-7-10-18-11-8-16)14-17(21)19-12-9-15-5-3-2-4-6-15/h2-8,10-11H,9,12-14H2,1H3,(H,19,21). The zero-order valence-electron chi connectivity index (χ0n) is 13.6. The molecule has 0 unspecified atom stereocenters. The molecule has 1 N–H and O–H groups in total. The number of aromatic nitrogens is 1. The summed E-state index contributed by atoms with van der Waals surface area (Å²) in [6, 6.07) is 13.2. The number of hydrogen-bond donors (Lipinski definition) is 1. The van der Waals surface area contributed by atoms with Gasteiger partial charge in [0.25, 0.3) is 0 Å². The van der Waals surface area contributed by atoms with Crippen molar-refractivity contribution in [1.82, 2.24) is 14.6 Å². The highest BCUT2D eigenvalue weighted by molar-refractivity contribution is 7.88. The zero-order chi connectivity index (χ0) is 17.4. The van der Waals surface area contributed by atoms with Crippen molar-refractivity contribution in [1.29, 1.82) is 0 Å². The summed E-state index contributed by atoms with van der Waals surface area (Å²) < 4.78 is 24.9. The molecule has 0 aliphatic heterocycles. The number of benzene rings is 1. The van der Waals surface area contributed by atoms with Gasteiger partial charge >= 0.3 is 0 Å². The average Bonchev–Trinajstić information content (AvgIpc) is 2.55. The molecular formula is C17H21N3O3S. The quantitative estimate of drug-likeness (QED) is 0.778. The number of nitrogens with zero attached hydrogens (tertiary/aromatic N) is 2. The average molecular weight is 347 g/mol. The third-order valence-electron chi connectivity index (χ3n) is 3.48. The lowest BCUT2D eigenvalue weighted by Crippen LogP contribution is -2.40. The van der Waals surface area contributed by atoms with Crippen LogP contribution in [0, 0.1) is 0 Å². The second kappa shape index (κ2) is 8.56. The van der Waals surface area contributed by atoms with Crippen LogP contribution in [0.15, 0.2) is 54.9 Å². The number of carbonyl (C=O) groups excluding carboxylic acids is 1. The van der Waals surface area contributed by atoms with E-state index in [1.165, 1.54) is 0 Å². The second-order valence-corrected chi connectivity index (χ2v) is 7.45. The Morgan fingerprint density at radius 3 is 2.38 bits per heavy atom. The van der Waals surface area contributed by atoms with Crippen molar-refractivity contribution in [2.45, 2.75) is 13.0 Å². The summed E-state index contributed by atoms with van der Waals surface area (Å²) >= 11 is 0.